The van der Waals surface area contributed by atoms with E-state index in [1.165, 1.54) is 25.4 Å². The summed E-state index contributed by atoms with van der Waals surface area (Å²) < 4.78 is 18.0. The Balaban J connectivity index is 1.75. The van der Waals surface area contributed by atoms with Crippen molar-refractivity contribution < 1.29 is 23.8 Å². The number of methoxy groups -OCH3 is 1. The standard InChI is InChI=1S/C31H26N2O6S/c1-4-38-30(36)26-27(21-11-7-5-8-12-21)32-31-33(28(26)22-13-9-6-10-14-22)29(35)25(40-31)18-20-15-16-23(39-19(2)34)24(17-20)37-3/h5-18,28H,4H2,1-3H3/b25-18-/t28-/m1/s1. The third kappa shape index (κ3) is 5.23. The van der Waals surface area contributed by atoms with Crippen LogP contribution in [0.5, 0.6) is 11.5 Å². The number of esters is 2. The summed E-state index contributed by atoms with van der Waals surface area (Å²) in [5.74, 6) is -0.356. The number of benzene rings is 3. The minimum absolute atomic E-state index is 0.182. The van der Waals surface area contributed by atoms with Gasteiger partial charge in [0.2, 0.25) is 0 Å². The van der Waals surface area contributed by atoms with Gasteiger partial charge in [-0.2, -0.15) is 0 Å². The number of hydrogen-bond donors (Lipinski definition) is 0. The number of carbonyl (C=O) groups is 2. The molecule has 8 nitrogen and oxygen atoms in total. The Bertz CT molecular complexity index is 1790. The van der Waals surface area contributed by atoms with Gasteiger partial charge in [-0.25, -0.2) is 9.79 Å². The molecular formula is C31H26N2O6S. The Kier molecular flexibility index (Phi) is 7.75. The van der Waals surface area contributed by atoms with Crippen LogP contribution in [0.1, 0.15) is 36.6 Å². The highest BCUT2D eigenvalue weighted by Gasteiger charge is 2.35. The fourth-order valence-electron chi connectivity index (χ4n) is 4.56. The van der Waals surface area contributed by atoms with Crippen molar-refractivity contribution in [1.82, 2.24) is 4.57 Å². The van der Waals surface area contributed by atoms with Crippen LogP contribution in [0.15, 0.2) is 94.2 Å². The minimum Gasteiger partial charge on any atom is -0.493 e. The van der Waals surface area contributed by atoms with Gasteiger partial charge in [0.05, 0.1) is 35.6 Å². The molecular weight excluding hydrogens is 528 g/mol. The van der Waals surface area contributed by atoms with Crippen molar-refractivity contribution >= 4 is 35.0 Å². The summed E-state index contributed by atoms with van der Waals surface area (Å²) in [5, 5.41) is 0. The summed E-state index contributed by atoms with van der Waals surface area (Å²) in [6, 6.07) is 23.1. The lowest BCUT2D eigenvalue weighted by molar-refractivity contribution is -0.139. The lowest BCUT2D eigenvalue weighted by atomic mass is 9.93. The van der Waals surface area contributed by atoms with E-state index in [-0.39, 0.29) is 17.9 Å². The van der Waals surface area contributed by atoms with Crippen LogP contribution >= 0.6 is 11.3 Å². The maximum absolute atomic E-state index is 13.9. The van der Waals surface area contributed by atoms with E-state index in [0.717, 1.165) is 11.1 Å². The van der Waals surface area contributed by atoms with Gasteiger partial charge in [-0.05, 0) is 36.3 Å². The van der Waals surface area contributed by atoms with Crippen molar-refractivity contribution in [3.8, 4) is 11.5 Å². The van der Waals surface area contributed by atoms with Gasteiger partial charge >= 0.3 is 11.9 Å². The average molecular weight is 555 g/mol. The van der Waals surface area contributed by atoms with Crippen molar-refractivity contribution in [2.24, 2.45) is 4.99 Å². The molecule has 202 valence electrons. The second-order valence-corrected chi connectivity index (χ2v) is 9.86. The number of ether oxygens (including phenoxy) is 3. The number of carbonyl (C=O) groups excluding carboxylic acids is 2. The van der Waals surface area contributed by atoms with Crippen LogP contribution in [-0.2, 0) is 14.3 Å². The smallest absolute Gasteiger partial charge is 0.338 e. The molecule has 0 aliphatic carbocycles. The molecule has 0 fully saturated rings. The first kappa shape index (κ1) is 26.8. The summed E-state index contributed by atoms with van der Waals surface area (Å²) >= 11 is 1.22. The van der Waals surface area contributed by atoms with Crippen molar-refractivity contribution in [3.63, 3.8) is 0 Å². The normalized spacial score (nSPS) is 14.8. The van der Waals surface area contributed by atoms with E-state index in [1.54, 1.807) is 35.8 Å². The molecule has 5 rings (SSSR count). The fourth-order valence-corrected chi connectivity index (χ4v) is 5.56. The predicted molar refractivity (Wildman–Crippen MR) is 152 cm³/mol. The molecule has 1 aliphatic rings. The summed E-state index contributed by atoms with van der Waals surface area (Å²) in [7, 11) is 1.47. The third-order valence-electron chi connectivity index (χ3n) is 6.23. The summed E-state index contributed by atoms with van der Waals surface area (Å²) in [4.78, 5) is 44.1. The first-order valence-corrected chi connectivity index (χ1v) is 13.4. The van der Waals surface area contributed by atoms with E-state index in [1.807, 2.05) is 60.7 Å². The number of rotatable bonds is 7. The van der Waals surface area contributed by atoms with Crippen LogP contribution < -0.4 is 24.4 Å². The molecule has 0 saturated carbocycles. The van der Waals surface area contributed by atoms with E-state index >= 15 is 0 Å². The molecule has 1 aromatic heterocycles. The fraction of sp³-hybridized carbons (Fsp3) is 0.161. The largest absolute Gasteiger partial charge is 0.493 e. The second-order valence-electron chi connectivity index (χ2n) is 8.85. The SMILES string of the molecule is CCOC(=O)C1=C(c2ccccc2)N=c2s/c(=C\c3ccc(OC(C)=O)c(OC)c3)c(=O)n2[C@@H]1c1ccccc1. The van der Waals surface area contributed by atoms with Gasteiger partial charge in [-0.15, -0.1) is 0 Å². The van der Waals surface area contributed by atoms with Crippen molar-refractivity contribution in [2.75, 3.05) is 13.7 Å². The van der Waals surface area contributed by atoms with Crippen molar-refractivity contribution in [2.45, 2.75) is 19.9 Å². The zero-order valence-corrected chi connectivity index (χ0v) is 22.9. The van der Waals surface area contributed by atoms with Crippen molar-refractivity contribution in [3.05, 3.63) is 121 Å². The van der Waals surface area contributed by atoms with Gasteiger partial charge in [-0.3, -0.25) is 14.2 Å². The van der Waals surface area contributed by atoms with Crippen LogP contribution in [0, 0.1) is 0 Å². The van der Waals surface area contributed by atoms with Crippen LogP contribution in [0.4, 0.5) is 0 Å². The highest BCUT2D eigenvalue weighted by atomic mass is 32.1. The lowest BCUT2D eigenvalue weighted by Gasteiger charge is -2.25. The molecule has 0 radical (unpaired) electrons. The molecule has 3 aromatic carbocycles. The lowest BCUT2D eigenvalue weighted by Crippen LogP contribution is -2.39. The predicted octanol–water partition coefficient (Wildman–Crippen LogP) is 3.87. The Labute approximate surface area is 234 Å². The van der Waals surface area contributed by atoms with Gasteiger partial charge in [0, 0.05) is 12.5 Å². The van der Waals surface area contributed by atoms with Gasteiger partial charge < -0.3 is 14.2 Å². The van der Waals surface area contributed by atoms with Gasteiger partial charge in [0.25, 0.3) is 5.56 Å². The number of thiazole rings is 1. The van der Waals surface area contributed by atoms with E-state index < -0.39 is 18.0 Å². The molecule has 0 N–H and O–H groups in total. The molecule has 0 saturated heterocycles. The Morgan fingerprint density at radius 1 is 1.00 bits per heavy atom. The number of hydrogen-bond acceptors (Lipinski definition) is 8. The minimum atomic E-state index is -0.741. The van der Waals surface area contributed by atoms with Crippen molar-refractivity contribution in [1.29, 1.82) is 0 Å². The molecule has 0 bridgehead atoms. The number of nitrogens with zero attached hydrogens (tertiary/aromatic N) is 2. The molecule has 9 heteroatoms. The van der Waals surface area contributed by atoms with Crippen LogP contribution in [0.25, 0.3) is 11.8 Å². The van der Waals surface area contributed by atoms with Crippen LogP contribution in [0.2, 0.25) is 0 Å². The van der Waals surface area contributed by atoms with Crippen LogP contribution in [0.3, 0.4) is 0 Å². The quantitative estimate of drug-likeness (QED) is 0.254. The zero-order chi connectivity index (χ0) is 28.2. The number of aromatic nitrogens is 1. The van der Waals surface area contributed by atoms with E-state index in [4.69, 9.17) is 19.2 Å². The maximum atomic E-state index is 13.9. The number of fused-ring (bicyclic) bond motifs is 1. The van der Waals surface area contributed by atoms with E-state index in [2.05, 4.69) is 0 Å². The topological polar surface area (TPSA) is 96.2 Å². The summed E-state index contributed by atoms with van der Waals surface area (Å²) in [5.41, 5.74) is 2.64. The van der Waals surface area contributed by atoms with Gasteiger partial charge in [0.15, 0.2) is 16.3 Å². The monoisotopic (exact) mass is 554 g/mol. The summed E-state index contributed by atoms with van der Waals surface area (Å²) in [6.07, 6.45) is 1.72. The molecule has 0 amide bonds. The maximum Gasteiger partial charge on any atom is 0.338 e. The Morgan fingerprint density at radius 3 is 2.35 bits per heavy atom. The highest BCUT2D eigenvalue weighted by Crippen LogP contribution is 2.35. The second kappa shape index (κ2) is 11.5. The van der Waals surface area contributed by atoms with Gasteiger partial charge in [-0.1, -0.05) is 78.1 Å². The van der Waals surface area contributed by atoms with Gasteiger partial charge in [0.1, 0.15) is 0 Å². The Hall–Kier alpha value is -4.76. The average Bonchev–Trinajstić information content (AvgIpc) is 3.27. The molecule has 40 heavy (non-hydrogen) atoms. The molecule has 4 aromatic rings. The molecule has 0 spiro atoms. The molecule has 1 atom stereocenters. The third-order valence-corrected chi connectivity index (χ3v) is 7.21. The molecule has 0 unspecified atom stereocenters. The molecule has 1 aliphatic heterocycles. The van der Waals surface area contributed by atoms with Crippen LogP contribution in [-0.4, -0.2) is 30.2 Å². The highest BCUT2D eigenvalue weighted by molar-refractivity contribution is 7.07. The Morgan fingerprint density at radius 2 is 1.70 bits per heavy atom. The first-order chi connectivity index (χ1) is 19.4. The summed E-state index contributed by atoms with van der Waals surface area (Å²) in [6.45, 7) is 3.24. The van der Waals surface area contributed by atoms with E-state index in [9.17, 15) is 14.4 Å². The van der Waals surface area contributed by atoms with E-state index in [0.29, 0.717) is 31.9 Å². The zero-order valence-electron chi connectivity index (χ0n) is 22.1. The first-order valence-electron chi connectivity index (χ1n) is 12.6. The molecule has 2 heterocycles.